The summed E-state index contributed by atoms with van der Waals surface area (Å²) in [7, 11) is 0. The zero-order chi connectivity index (χ0) is 19.4. The Morgan fingerprint density at radius 3 is 2.26 bits per heavy atom. The van der Waals surface area contributed by atoms with Gasteiger partial charge in [0.2, 0.25) is 5.91 Å². The van der Waals surface area contributed by atoms with Gasteiger partial charge in [-0.1, -0.05) is 32.9 Å². The molecule has 2 aromatic rings. The number of nitrogens with one attached hydrogen (secondary N) is 1. The number of nitrogens with zero attached hydrogens (tertiary/aromatic N) is 2. The Kier molecular flexibility index (Phi) is 5.68. The number of amides is 2. The molecule has 0 radical (unpaired) electrons. The van der Waals surface area contributed by atoms with Crippen molar-refractivity contribution in [3.8, 4) is 0 Å². The third kappa shape index (κ3) is 4.79. The van der Waals surface area contributed by atoms with E-state index in [2.05, 4.69) is 25.8 Å². The van der Waals surface area contributed by atoms with Crippen molar-refractivity contribution in [2.24, 2.45) is 0 Å². The van der Waals surface area contributed by atoms with E-state index in [1.165, 1.54) is 5.56 Å². The normalized spacial score (nSPS) is 15.5. The van der Waals surface area contributed by atoms with Crippen LogP contribution in [-0.4, -0.2) is 52.8 Å². The van der Waals surface area contributed by atoms with Gasteiger partial charge in [0, 0.05) is 44.1 Å². The molecule has 1 aromatic heterocycles. The monoisotopic (exact) mass is 367 g/mol. The Bertz CT molecular complexity index is 773. The second-order valence-electron chi connectivity index (χ2n) is 8.25. The number of rotatable bonds is 3. The summed E-state index contributed by atoms with van der Waals surface area (Å²) in [6.07, 6.45) is 4.90. The van der Waals surface area contributed by atoms with Gasteiger partial charge >= 0.3 is 0 Å². The molecule has 0 atom stereocenters. The van der Waals surface area contributed by atoms with Gasteiger partial charge in [0.15, 0.2) is 0 Å². The molecule has 1 saturated heterocycles. The van der Waals surface area contributed by atoms with Gasteiger partial charge in [0.25, 0.3) is 5.91 Å². The minimum Gasteiger partial charge on any atom is -0.367 e. The van der Waals surface area contributed by atoms with Crippen LogP contribution in [0, 0.1) is 0 Å². The average molecular weight is 367 g/mol. The van der Waals surface area contributed by atoms with Gasteiger partial charge < -0.3 is 14.8 Å². The van der Waals surface area contributed by atoms with E-state index in [4.69, 9.17) is 0 Å². The average Bonchev–Trinajstić information content (AvgIpc) is 3.01. The van der Waals surface area contributed by atoms with Gasteiger partial charge in [0.05, 0.1) is 6.42 Å². The number of benzene rings is 1. The molecular formula is C22H29N3O2. The number of aromatic nitrogens is 1. The molecule has 0 aliphatic carbocycles. The van der Waals surface area contributed by atoms with Crippen molar-refractivity contribution in [3.05, 3.63) is 59.4 Å². The maximum atomic E-state index is 12.9. The molecule has 1 aliphatic heterocycles. The highest BCUT2D eigenvalue weighted by molar-refractivity contribution is 5.94. The highest BCUT2D eigenvalue weighted by atomic mass is 16.2. The minimum absolute atomic E-state index is 0.0513. The molecule has 0 bridgehead atoms. The van der Waals surface area contributed by atoms with Crippen LogP contribution in [0.2, 0.25) is 0 Å². The first-order valence-corrected chi connectivity index (χ1v) is 9.64. The Labute approximate surface area is 161 Å². The Morgan fingerprint density at radius 1 is 0.963 bits per heavy atom. The van der Waals surface area contributed by atoms with Crippen molar-refractivity contribution < 1.29 is 9.59 Å². The van der Waals surface area contributed by atoms with Crippen molar-refractivity contribution in [1.82, 2.24) is 14.8 Å². The number of hydrogen-bond donors (Lipinski definition) is 1. The fourth-order valence-electron chi connectivity index (χ4n) is 3.42. The van der Waals surface area contributed by atoms with E-state index in [9.17, 15) is 9.59 Å². The maximum absolute atomic E-state index is 12.9. The fourth-order valence-corrected chi connectivity index (χ4v) is 3.42. The van der Waals surface area contributed by atoms with Gasteiger partial charge in [0.1, 0.15) is 0 Å². The highest BCUT2D eigenvalue weighted by Crippen LogP contribution is 2.22. The Hall–Kier alpha value is -2.56. The first-order chi connectivity index (χ1) is 12.8. The van der Waals surface area contributed by atoms with Crippen LogP contribution >= 0.6 is 0 Å². The second kappa shape index (κ2) is 7.99. The van der Waals surface area contributed by atoms with Crippen LogP contribution in [-0.2, 0) is 16.6 Å². The molecule has 5 nitrogen and oxygen atoms in total. The van der Waals surface area contributed by atoms with E-state index < -0.39 is 0 Å². The molecule has 2 heterocycles. The van der Waals surface area contributed by atoms with Crippen LogP contribution in [0.25, 0.3) is 0 Å². The van der Waals surface area contributed by atoms with Crippen molar-refractivity contribution in [2.45, 2.75) is 39.0 Å². The van der Waals surface area contributed by atoms with Gasteiger partial charge in [-0.25, -0.2) is 0 Å². The van der Waals surface area contributed by atoms with Crippen molar-refractivity contribution >= 4 is 11.8 Å². The standard InChI is InChI=1S/C22H29N3O2/c1-22(2,3)19-7-5-18(6-8-19)21(27)25-12-4-11-24(13-14-25)20(26)15-17-9-10-23-16-17/h5-10,16,23H,4,11-15H2,1-3H3. The van der Waals surface area contributed by atoms with Crippen LogP contribution in [0.5, 0.6) is 0 Å². The van der Waals surface area contributed by atoms with E-state index in [0.717, 1.165) is 17.5 Å². The molecule has 1 aliphatic rings. The maximum Gasteiger partial charge on any atom is 0.253 e. The Balaban J connectivity index is 1.60. The first kappa shape index (κ1) is 19.2. The van der Waals surface area contributed by atoms with E-state index >= 15 is 0 Å². The summed E-state index contributed by atoms with van der Waals surface area (Å²) >= 11 is 0. The van der Waals surface area contributed by atoms with Gasteiger partial charge in [-0.3, -0.25) is 9.59 Å². The van der Waals surface area contributed by atoms with Gasteiger partial charge in [-0.05, 0) is 41.2 Å². The van der Waals surface area contributed by atoms with Crippen LogP contribution in [0.1, 0.15) is 48.7 Å². The zero-order valence-corrected chi connectivity index (χ0v) is 16.5. The number of H-pyrrole nitrogens is 1. The molecule has 0 unspecified atom stereocenters. The van der Waals surface area contributed by atoms with Crippen molar-refractivity contribution in [2.75, 3.05) is 26.2 Å². The number of hydrogen-bond acceptors (Lipinski definition) is 2. The molecule has 2 amide bonds. The molecule has 144 valence electrons. The minimum atomic E-state index is 0.0513. The molecule has 5 heteroatoms. The van der Waals surface area contributed by atoms with Gasteiger partial charge in [-0.15, -0.1) is 0 Å². The molecule has 0 spiro atoms. The summed E-state index contributed by atoms with van der Waals surface area (Å²) in [6.45, 7) is 9.06. The predicted octanol–water partition coefficient (Wildman–Crippen LogP) is 3.23. The largest absolute Gasteiger partial charge is 0.367 e. The van der Waals surface area contributed by atoms with E-state index in [1.54, 1.807) is 0 Å². The number of carbonyl (C=O) groups is 2. The molecule has 1 N–H and O–H groups in total. The number of aromatic amines is 1. The third-order valence-electron chi connectivity index (χ3n) is 5.15. The lowest BCUT2D eigenvalue weighted by Gasteiger charge is -2.23. The predicted molar refractivity (Wildman–Crippen MR) is 107 cm³/mol. The van der Waals surface area contributed by atoms with Crippen molar-refractivity contribution in [3.63, 3.8) is 0 Å². The zero-order valence-electron chi connectivity index (χ0n) is 16.5. The Morgan fingerprint density at radius 2 is 1.63 bits per heavy atom. The summed E-state index contributed by atoms with van der Waals surface area (Å²) in [5.74, 6) is 0.175. The molecule has 0 saturated carbocycles. The topological polar surface area (TPSA) is 56.4 Å². The fraction of sp³-hybridized carbons (Fsp3) is 0.455. The third-order valence-corrected chi connectivity index (χ3v) is 5.15. The summed E-state index contributed by atoms with van der Waals surface area (Å²) in [6, 6.07) is 9.84. The molecular weight excluding hydrogens is 338 g/mol. The first-order valence-electron chi connectivity index (χ1n) is 9.64. The second-order valence-corrected chi connectivity index (χ2v) is 8.25. The van der Waals surface area contributed by atoms with Crippen LogP contribution in [0.3, 0.4) is 0 Å². The van der Waals surface area contributed by atoms with E-state index in [-0.39, 0.29) is 17.2 Å². The summed E-state index contributed by atoms with van der Waals surface area (Å²) in [4.78, 5) is 32.1. The molecule has 1 aromatic carbocycles. The summed E-state index contributed by atoms with van der Waals surface area (Å²) in [5.41, 5.74) is 3.01. The van der Waals surface area contributed by atoms with Crippen LogP contribution < -0.4 is 0 Å². The number of carbonyl (C=O) groups excluding carboxylic acids is 2. The smallest absolute Gasteiger partial charge is 0.253 e. The lowest BCUT2D eigenvalue weighted by atomic mass is 9.86. The van der Waals surface area contributed by atoms with Crippen LogP contribution in [0.15, 0.2) is 42.7 Å². The summed E-state index contributed by atoms with van der Waals surface area (Å²) in [5, 5.41) is 0. The molecule has 1 fully saturated rings. The lowest BCUT2D eigenvalue weighted by Crippen LogP contribution is -2.38. The van der Waals surface area contributed by atoms with E-state index in [1.807, 2.05) is 52.5 Å². The highest BCUT2D eigenvalue weighted by Gasteiger charge is 2.23. The SMILES string of the molecule is CC(C)(C)c1ccc(C(=O)N2CCCN(C(=O)Cc3cc[nH]c3)CC2)cc1. The van der Waals surface area contributed by atoms with E-state index in [0.29, 0.717) is 32.6 Å². The van der Waals surface area contributed by atoms with Crippen molar-refractivity contribution in [1.29, 1.82) is 0 Å². The molecule has 27 heavy (non-hydrogen) atoms. The lowest BCUT2D eigenvalue weighted by molar-refractivity contribution is -0.130. The van der Waals surface area contributed by atoms with Gasteiger partial charge in [-0.2, -0.15) is 0 Å². The van der Waals surface area contributed by atoms with Crippen LogP contribution in [0.4, 0.5) is 0 Å². The summed E-state index contributed by atoms with van der Waals surface area (Å²) < 4.78 is 0. The quantitative estimate of drug-likeness (QED) is 0.905. The molecule has 3 rings (SSSR count).